The largest absolute Gasteiger partial charge is 0.334 e. The topological polar surface area (TPSA) is 80.8 Å². The van der Waals surface area contributed by atoms with Crippen molar-refractivity contribution in [1.29, 1.82) is 1.12 Å². The number of thiol groups is 1. The first kappa shape index (κ1) is 16.5. The Bertz CT molecular complexity index is 365. The molecule has 1 aliphatic rings. The van der Waals surface area contributed by atoms with Crippen molar-refractivity contribution in [2.24, 2.45) is 0 Å². The minimum atomic E-state index is -0.683. The number of imide groups is 1. The van der Waals surface area contributed by atoms with Crippen LogP contribution in [0.5, 0.6) is 0 Å². The highest BCUT2D eigenvalue weighted by Gasteiger charge is 2.32. The summed E-state index contributed by atoms with van der Waals surface area (Å²) in [6.07, 6.45) is 0.143. The fraction of sp³-hybridized carbons (Fsp3) is 0.600. The first-order valence-electron chi connectivity index (χ1n) is 5.81. The Labute approximate surface area is 124 Å². The van der Waals surface area contributed by atoms with Crippen LogP contribution < -0.4 is 0 Å². The minimum Gasteiger partial charge on any atom is -0.330 e. The lowest BCUT2D eigenvalue weighted by atomic mass is 10.4. The van der Waals surface area contributed by atoms with E-state index in [9.17, 15) is 19.2 Å². The van der Waals surface area contributed by atoms with E-state index in [0.29, 0.717) is 5.06 Å². The van der Waals surface area contributed by atoms with Crippen LogP contribution in [0.15, 0.2) is 0 Å². The molecule has 0 aliphatic carbocycles. The number of carbonyl (C=O) groups is 4. The van der Waals surface area contributed by atoms with Crippen LogP contribution in [0.25, 0.3) is 0 Å². The van der Waals surface area contributed by atoms with Crippen molar-refractivity contribution in [3.63, 3.8) is 0 Å². The zero-order chi connectivity index (χ0) is 15.5. The first-order chi connectivity index (χ1) is 9.42. The average Bonchev–Trinajstić information content (AvgIpc) is 2.70. The van der Waals surface area contributed by atoms with Crippen LogP contribution in [0.3, 0.4) is 0 Å². The number of hydrogen-bond acceptors (Lipinski definition) is 7. The summed E-state index contributed by atoms with van der Waals surface area (Å²) in [7, 11) is 2.43. The average molecular weight is 327 g/mol. The third-order valence-electron chi connectivity index (χ3n) is 1.81. The van der Waals surface area contributed by atoms with Crippen molar-refractivity contribution in [2.45, 2.75) is 26.2 Å². The molecular formula is C10H16NO5PS2. The van der Waals surface area contributed by atoms with Crippen LogP contribution >= 0.6 is 33.5 Å². The van der Waals surface area contributed by atoms with Crippen LogP contribution in [0.2, 0.25) is 0 Å². The molecule has 1 atom stereocenters. The van der Waals surface area contributed by atoms with E-state index in [1.54, 1.807) is 0 Å². The van der Waals surface area contributed by atoms with Gasteiger partial charge in [-0.1, -0.05) is 11.8 Å². The van der Waals surface area contributed by atoms with Crippen molar-refractivity contribution >= 4 is 56.4 Å². The van der Waals surface area contributed by atoms with Crippen LogP contribution in [0.1, 0.15) is 26.2 Å². The first-order valence-corrected chi connectivity index (χ1v) is 7.78. The maximum Gasteiger partial charge on any atom is 0.334 e. The van der Waals surface area contributed by atoms with E-state index in [-0.39, 0.29) is 30.1 Å². The molecule has 1 unspecified atom stereocenters. The third-order valence-corrected chi connectivity index (χ3v) is 2.63. The number of hydroxylamine groups is 2. The number of hydrogen-bond donors (Lipinski definition) is 1. The van der Waals surface area contributed by atoms with E-state index in [4.69, 9.17) is 1.12 Å². The Morgan fingerprint density at radius 2 is 2.00 bits per heavy atom. The summed E-state index contributed by atoms with van der Waals surface area (Å²) in [6, 6.07) is 0. The van der Waals surface area contributed by atoms with E-state index in [1.165, 1.54) is 6.92 Å². The number of amides is 2. The maximum absolute atomic E-state index is 11.2. The van der Waals surface area contributed by atoms with Crippen molar-refractivity contribution in [3.05, 3.63) is 0 Å². The molecule has 0 bridgehead atoms. The molecule has 108 valence electrons. The standard InChI is InChI=1S/C9H11NO5S.CH5PS/c1-6(11)16-5-4-9(14)15-10-7(12)2-3-8(10)13;2-1-3/h2-5H2,1H3;3H,1-2H2/i/hT. The molecule has 1 fully saturated rings. The van der Waals surface area contributed by atoms with Gasteiger partial charge in [0.05, 0.1) is 6.42 Å². The van der Waals surface area contributed by atoms with Gasteiger partial charge in [-0.05, 0) is 0 Å². The Balaban J connectivity index is 0.000000796. The summed E-state index contributed by atoms with van der Waals surface area (Å²) >= 11 is 2.06. The lowest BCUT2D eigenvalue weighted by Crippen LogP contribution is -2.32. The molecule has 1 saturated heterocycles. The van der Waals surface area contributed by atoms with Gasteiger partial charge >= 0.3 is 5.97 Å². The number of nitrogens with zero attached hydrogens (tertiary/aromatic N) is 1. The second-order valence-electron chi connectivity index (χ2n) is 3.30. The molecule has 0 spiro atoms. The zero-order valence-electron chi connectivity index (χ0n) is 11.4. The van der Waals surface area contributed by atoms with Crippen LogP contribution in [-0.2, 0) is 24.0 Å². The summed E-state index contributed by atoms with van der Waals surface area (Å²) in [5.74, 6) is -1.41. The minimum absolute atomic E-state index is 0.0126. The van der Waals surface area contributed by atoms with Gasteiger partial charge in [0, 0.05) is 31.0 Å². The molecule has 1 heterocycles. The summed E-state index contributed by atoms with van der Waals surface area (Å²) in [5.41, 5.74) is 0.819. The molecule has 19 heavy (non-hydrogen) atoms. The second-order valence-corrected chi connectivity index (χ2v) is 5.91. The molecule has 0 radical (unpaired) electrons. The van der Waals surface area contributed by atoms with Gasteiger partial charge in [0.2, 0.25) is 0 Å². The SMILES string of the molecule is CC(=O)SCCC(=O)ON1C(=O)CCC1=O.[3H]SCP. The summed E-state index contributed by atoms with van der Waals surface area (Å²) in [6.45, 7) is 1.39. The Morgan fingerprint density at radius 3 is 2.42 bits per heavy atom. The molecule has 6 nitrogen and oxygen atoms in total. The molecule has 1 rings (SSSR count). The monoisotopic (exact) mass is 327 g/mol. The van der Waals surface area contributed by atoms with Gasteiger partial charge in [0.1, 0.15) is 1.12 Å². The van der Waals surface area contributed by atoms with Gasteiger partial charge < -0.3 is 4.84 Å². The van der Waals surface area contributed by atoms with Gasteiger partial charge in [-0.3, -0.25) is 14.4 Å². The van der Waals surface area contributed by atoms with Crippen molar-refractivity contribution in [2.75, 3.05) is 11.2 Å². The normalized spacial score (nSPS) is 14.6. The van der Waals surface area contributed by atoms with E-state index in [2.05, 4.69) is 14.1 Å². The lowest BCUT2D eigenvalue weighted by Gasteiger charge is -2.11. The lowest BCUT2D eigenvalue weighted by molar-refractivity contribution is -0.197. The fourth-order valence-electron chi connectivity index (χ4n) is 1.08. The third kappa shape index (κ3) is 8.23. The molecule has 0 aromatic rings. The summed E-state index contributed by atoms with van der Waals surface area (Å²) in [4.78, 5) is 48.5. The second kappa shape index (κ2) is 10.2. The highest BCUT2D eigenvalue weighted by atomic mass is 32.2. The molecule has 0 aromatic carbocycles. The Morgan fingerprint density at radius 1 is 1.47 bits per heavy atom. The van der Waals surface area contributed by atoms with E-state index in [0.717, 1.165) is 29.8 Å². The maximum atomic E-state index is 11.2. The van der Waals surface area contributed by atoms with Crippen LogP contribution in [0.4, 0.5) is 0 Å². The van der Waals surface area contributed by atoms with E-state index in [1.807, 2.05) is 0 Å². The molecule has 0 N–H and O–H groups in total. The van der Waals surface area contributed by atoms with Gasteiger partial charge in [-0.15, -0.1) is 14.3 Å². The summed E-state index contributed by atoms with van der Waals surface area (Å²) < 4.78 is 6.35. The van der Waals surface area contributed by atoms with Crippen molar-refractivity contribution in [3.8, 4) is 0 Å². The molecule has 0 saturated carbocycles. The Hall–Kier alpha value is -0.590. The van der Waals surface area contributed by atoms with Gasteiger partial charge in [-0.2, -0.15) is 12.5 Å². The quantitative estimate of drug-likeness (QED) is 0.461. The Kier molecular flexibility index (Phi) is 8.86. The molecule has 2 amide bonds. The van der Waals surface area contributed by atoms with Crippen LogP contribution in [-0.4, -0.2) is 40.3 Å². The van der Waals surface area contributed by atoms with Crippen LogP contribution in [0, 0.1) is 0 Å². The van der Waals surface area contributed by atoms with Gasteiger partial charge in [0.25, 0.3) is 11.8 Å². The number of thioether (sulfide) groups is 1. The van der Waals surface area contributed by atoms with Gasteiger partial charge in [-0.25, -0.2) is 4.79 Å². The van der Waals surface area contributed by atoms with Crippen molar-refractivity contribution < 1.29 is 24.0 Å². The highest BCUT2D eigenvalue weighted by Crippen LogP contribution is 2.13. The van der Waals surface area contributed by atoms with E-state index >= 15 is 0 Å². The number of carbonyl (C=O) groups excluding carboxylic acids is 4. The molecule has 9 heteroatoms. The fourth-order valence-corrected chi connectivity index (χ4v) is 1.64. The van der Waals surface area contributed by atoms with Crippen molar-refractivity contribution in [1.82, 2.24) is 5.06 Å². The smallest absolute Gasteiger partial charge is 0.330 e. The summed E-state index contributed by atoms with van der Waals surface area (Å²) in [5, 5.41) is 0.405. The number of rotatable bonds is 5. The predicted molar refractivity (Wildman–Crippen MR) is 78.5 cm³/mol. The highest BCUT2D eigenvalue weighted by molar-refractivity contribution is 8.13. The van der Waals surface area contributed by atoms with Gasteiger partial charge in [0.15, 0.2) is 5.12 Å². The molecule has 1 aliphatic heterocycles. The van der Waals surface area contributed by atoms with E-state index < -0.39 is 17.8 Å². The predicted octanol–water partition coefficient (Wildman–Crippen LogP) is 1.01. The molecular weight excluding hydrogens is 309 g/mol. The molecule has 0 aromatic heterocycles. The zero-order valence-corrected chi connectivity index (χ0v) is 13.2.